The molecule has 2 aromatic rings. The molecular formula is C17H14F6N2O3S. The topological polar surface area (TPSA) is 75.3 Å². The Kier molecular flexibility index (Phi) is 6.28. The maximum absolute atomic E-state index is 12.9. The van der Waals surface area contributed by atoms with E-state index in [0.717, 1.165) is 6.07 Å². The second-order valence-electron chi connectivity index (χ2n) is 5.78. The van der Waals surface area contributed by atoms with Crippen LogP contribution in [-0.4, -0.2) is 20.9 Å². The molecule has 0 aromatic heterocycles. The lowest BCUT2D eigenvalue weighted by molar-refractivity contribution is -0.143. The van der Waals surface area contributed by atoms with Crippen molar-refractivity contribution in [1.29, 1.82) is 0 Å². The number of halogens is 6. The summed E-state index contributed by atoms with van der Waals surface area (Å²) in [5.74, 6) is -1.08. The van der Waals surface area contributed by atoms with Gasteiger partial charge < -0.3 is 5.32 Å². The molecule has 2 N–H and O–H groups in total. The van der Waals surface area contributed by atoms with E-state index >= 15 is 0 Å². The van der Waals surface area contributed by atoms with Crippen LogP contribution in [0, 0.1) is 0 Å². The van der Waals surface area contributed by atoms with E-state index in [4.69, 9.17) is 0 Å². The van der Waals surface area contributed by atoms with Crippen molar-refractivity contribution in [2.45, 2.75) is 24.2 Å². The smallest absolute Gasteiger partial charge is 0.322 e. The third-order valence-electron chi connectivity index (χ3n) is 3.59. The number of alkyl halides is 6. The van der Waals surface area contributed by atoms with Crippen molar-refractivity contribution < 1.29 is 39.6 Å². The van der Waals surface area contributed by atoms with Crippen molar-refractivity contribution in [3.8, 4) is 0 Å². The summed E-state index contributed by atoms with van der Waals surface area (Å²) in [5, 5.41) is 1.94. The van der Waals surface area contributed by atoms with Gasteiger partial charge in [-0.2, -0.15) is 26.3 Å². The average Bonchev–Trinajstić information content (AvgIpc) is 2.60. The van der Waals surface area contributed by atoms with Gasteiger partial charge in [-0.25, -0.2) is 13.1 Å². The molecule has 0 atom stereocenters. The first-order valence-corrected chi connectivity index (χ1v) is 9.43. The van der Waals surface area contributed by atoms with E-state index in [2.05, 4.69) is 4.72 Å². The van der Waals surface area contributed by atoms with Crippen molar-refractivity contribution in [3.05, 3.63) is 59.2 Å². The van der Waals surface area contributed by atoms with Crippen LogP contribution in [0.5, 0.6) is 0 Å². The quantitative estimate of drug-likeness (QED) is 0.682. The first-order valence-electron chi connectivity index (χ1n) is 7.94. The number of amides is 1. The molecule has 0 fully saturated rings. The largest absolute Gasteiger partial charge is 0.416 e. The summed E-state index contributed by atoms with van der Waals surface area (Å²) in [5.41, 5.74) is -4.19. The maximum Gasteiger partial charge on any atom is 0.416 e. The second kappa shape index (κ2) is 8.03. The number of rotatable bonds is 5. The van der Waals surface area contributed by atoms with Crippen molar-refractivity contribution in [3.63, 3.8) is 0 Å². The molecule has 1 amide bonds. The predicted octanol–water partition coefficient (Wildman–Crippen LogP) is 4.27. The minimum Gasteiger partial charge on any atom is -0.322 e. The lowest BCUT2D eigenvalue weighted by atomic mass is 10.1. The zero-order valence-electron chi connectivity index (χ0n) is 14.6. The first kappa shape index (κ1) is 22.7. The van der Waals surface area contributed by atoms with Gasteiger partial charge in [-0.05, 0) is 36.4 Å². The minimum atomic E-state index is -5.07. The molecule has 0 bridgehead atoms. The Morgan fingerprint density at radius 2 is 1.48 bits per heavy atom. The van der Waals surface area contributed by atoms with Gasteiger partial charge in [0.2, 0.25) is 10.0 Å². The van der Waals surface area contributed by atoms with Gasteiger partial charge in [0, 0.05) is 17.8 Å². The third kappa shape index (κ3) is 5.70. The van der Waals surface area contributed by atoms with E-state index < -0.39 is 45.1 Å². The Morgan fingerprint density at radius 3 is 1.97 bits per heavy atom. The highest BCUT2D eigenvalue weighted by atomic mass is 32.2. The van der Waals surface area contributed by atoms with Crippen LogP contribution in [-0.2, 0) is 22.4 Å². The third-order valence-corrected chi connectivity index (χ3v) is 5.13. The Morgan fingerprint density at radius 1 is 0.931 bits per heavy atom. The van der Waals surface area contributed by atoms with Crippen LogP contribution in [0.25, 0.3) is 0 Å². The van der Waals surface area contributed by atoms with Crippen LogP contribution >= 0.6 is 0 Å². The monoisotopic (exact) mass is 440 g/mol. The molecule has 0 unspecified atom stereocenters. The standard InChI is InChI=1S/C17H14F6N2O3S/c1-2-24-29(27,28)14-5-3-4-10(6-14)15(26)25-13-8-11(16(18,19)20)7-12(9-13)17(21,22)23/h3-9,24H,2H2,1H3,(H,25,26). The molecular weight excluding hydrogens is 426 g/mol. The van der Waals surface area contributed by atoms with Crippen molar-refractivity contribution >= 4 is 21.6 Å². The van der Waals surface area contributed by atoms with E-state index in [-0.39, 0.29) is 23.1 Å². The molecule has 158 valence electrons. The van der Waals surface area contributed by atoms with E-state index in [1.54, 1.807) is 0 Å². The molecule has 0 saturated heterocycles. The van der Waals surface area contributed by atoms with Gasteiger partial charge in [0.15, 0.2) is 0 Å². The van der Waals surface area contributed by atoms with Crippen molar-refractivity contribution in [1.82, 2.24) is 4.72 Å². The molecule has 0 saturated carbocycles. The van der Waals surface area contributed by atoms with Crippen LogP contribution in [0.1, 0.15) is 28.4 Å². The van der Waals surface area contributed by atoms with E-state index in [1.165, 1.54) is 25.1 Å². The van der Waals surface area contributed by atoms with Gasteiger partial charge in [-0.1, -0.05) is 13.0 Å². The summed E-state index contributed by atoms with van der Waals surface area (Å²) < 4.78 is 104. The number of carbonyl (C=O) groups is 1. The van der Waals surface area contributed by atoms with Gasteiger partial charge in [0.05, 0.1) is 16.0 Å². The molecule has 0 heterocycles. The Bertz CT molecular complexity index is 984. The highest BCUT2D eigenvalue weighted by molar-refractivity contribution is 7.89. The average molecular weight is 440 g/mol. The molecule has 2 rings (SSSR count). The second-order valence-corrected chi connectivity index (χ2v) is 7.54. The van der Waals surface area contributed by atoms with Gasteiger partial charge >= 0.3 is 12.4 Å². The van der Waals surface area contributed by atoms with Crippen LogP contribution in [0.2, 0.25) is 0 Å². The summed E-state index contributed by atoms with van der Waals surface area (Å²) in [4.78, 5) is 12.0. The zero-order valence-corrected chi connectivity index (χ0v) is 15.5. The number of sulfonamides is 1. The van der Waals surface area contributed by atoms with Crippen molar-refractivity contribution in [2.24, 2.45) is 0 Å². The fourth-order valence-electron chi connectivity index (χ4n) is 2.31. The molecule has 0 aliphatic heterocycles. The SMILES string of the molecule is CCNS(=O)(=O)c1cccc(C(=O)Nc2cc(C(F)(F)F)cc(C(F)(F)F)c2)c1. The molecule has 12 heteroatoms. The number of nitrogens with one attached hydrogen (secondary N) is 2. The number of benzene rings is 2. The van der Waals surface area contributed by atoms with E-state index in [9.17, 15) is 39.6 Å². The van der Waals surface area contributed by atoms with Crippen LogP contribution in [0.3, 0.4) is 0 Å². The molecule has 0 aliphatic carbocycles. The molecule has 29 heavy (non-hydrogen) atoms. The normalized spacial score (nSPS) is 12.7. The number of hydrogen-bond acceptors (Lipinski definition) is 3. The van der Waals surface area contributed by atoms with Gasteiger partial charge in [-0.15, -0.1) is 0 Å². The summed E-state index contributed by atoms with van der Waals surface area (Å²) >= 11 is 0. The fourth-order valence-corrected chi connectivity index (χ4v) is 3.39. The Labute approximate surface area is 161 Å². The van der Waals surface area contributed by atoms with Crippen LogP contribution < -0.4 is 10.0 Å². The van der Waals surface area contributed by atoms with Gasteiger partial charge in [0.1, 0.15) is 0 Å². The fraction of sp³-hybridized carbons (Fsp3) is 0.235. The number of hydrogen-bond donors (Lipinski definition) is 2. The lowest BCUT2D eigenvalue weighted by Gasteiger charge is -2.15. The van der Waals surface area contributed by atoms with Gasteiger partial charge in [0.25, 0.3) is 5.91 Å². The zero-order chi connectivity index (χ0) is 22.0. The summed E-state index contributed by atoms with van der Waals surface area (Å²) in [7, 11) is -3.92. The highest BCUT2D eigenvalue weighted by Crippen LogP contribution is 2.37. The van der Waals surface area contributed by atoms with Gasteiger partial charge in [-0.3, -0.25) is 4.79 Å². The van der Waals surface area contributed by atoms with Crippen LogP contribution in [0.4, 0.5) is 32.0 Å². The molecule has 0 radical (unpaired) electrons. The predicted molar refractivity (Wildman–Crippen MR) is 91.7 cm³/mol. The molecule has 2 aromatic carbocycles. The summed E-state index contributed by atoms with van der Waals surface area (Å²) in [6.45, 7) is 1.60. The molecule has 5 nitrogen and oxygen atoms in total. The van der Waals surface area contributed by atoms with E-state index in [1.807, 2.05) is 5.32 Å². The summed E-state index contributed by atoms with van der Waals surface area (Å²) in [6, 6.07) is 5.15. The summed E-state index contributed by atoms with van der Waals surface area (Å²) in [6.07, 6.45) is -10.1. The number of anilines is 1. The Balaban J connectivity index is 2.41. The highest BCUT2D eigenvalue weighted by Gasteiger charge is 2.37. The van der Waals surface area contributed by atoms with Crippen LogP contribution in [0.15, 0.2) is 47.4 Å². The Hall–Kier alpha value is -2.60. The maximum atomic E-state index is 12.9. The first-order chi connectivity index (χ1) is 13.2. The van der Waals surface area contributed by atoms with Crippen molar-refractivity contribution in [2.75, 3.05) is 11.9 Å². The lowest BCUT2D eigenvalue weighted by Crippen LogP contribution is -2.23. The molecule has 0 spiro atoms. The number of carbonyl (C=O) groups excluding carboxylic acids is 1. The minimum absolute atomic E-state index is 0.0702. The van der Waals surface area contributed by atoms with E-state index in [0.29, 0.717) is 12.1 Å². The molecule has 0 aliphatic rings.